The van der Waals surface area contributed by atoms with Gasteiger partial charge in [-0.2, -0.15) is 0 Å². The lowest BCUT2D eigenvalue weighted by Crippen LogP contribution is -2.45. The minimum absolute atomic E-state index is 0.0357. The van der Waals surface area contributed by atoms with Crippen molar-refractivity contribution in [1.82, 2.24) is 5.32 Å². The van der Waals surface area contributed by atoms with Crippen molar-refractivity contribution in [2.75, 3.05) is 13.2 Å². The zero-order chi connectivity index (χ0) is 57.1. The highest BCUT2D eigenvalue weighted by Crippen LogP contribution is 2.19. The van der Waals surface area contributed by atoms with Gasteiger partial charge >= 0.3 is 5.97 Å². The molecule has 3 N–H and O–H groups in total. The van der Waals surface area contributed by atoms with Crippen LogP contribution in [-0.4, -0.2) is 47.4 Å². The van der Waals surface area contributed by atoms with Gasteiger partial charge in [-0.1, -0.05) is 346 Å². The number of carbonyl (C=O) groups is 2. The zero-order valence-corrected chi connectivity index (χ0v) is 53.4. The summed E-state index contributed by atoms with van der Waals surface area (Å²) in [5.41, 5.74) is 0. The molecule has 79 heavy (non-hydrogen) atoms. The minimum atomic E-state index is -0.670. The number of amides is 1. The van der Waals surface area contributed by atoms with E-state index in [2.05, 4.69) is 55.6 Å². The highest BCUT2D eigenvalue weighted by Gasteiger charge is 2.20. The molecule has 0 saturated carbocycles. The van der Waals surface area contributed by atoms with Crippen LogP contribution >= 0.6 is 0 Å². The molecular weight excluding hydrogens is 971 g/mol. The summed E-state index contributed by atoms with van der Waals surface area (Å²) >= 11 is 0. The highest BCUT2D eigenvalue weighted by molar-refractivity contribution is 5.76. The fraction of sp³-hybridized carbons (Fsp3) is 0.890. The van der Waals surface area contributed by atoms with Crippen molar-refractivity contribution >= 4 is 11.9 Å². The molecule has 0 fully saturated rings. The predicted octanol–water partition coefficient (Wildman–Crippen LogP) is 23.1. The first-order valence-electron chi connectivity index (χ1n) is 35.7. The molecule has 2 unspecified atom stereocenters. The van der Waals surface area contributed by atoms with E-state index in [1.165, 1.54) is 308 Å². The van der Waals surface area contributed by atoms with E-state index in [0.717, 1.165) is 51.4 Å². The van der Waals surface area contributed by atoms with Gasteiger partial charge in [-0.25, -0.2) is 0 Å². The molecule has 0 aliphatic rings. The van der Waals surface area contributed by atoms with E-state index in [1.807, 2.05) is 0 Å². The van der Waals surface area contributed by atoms with Gasteiger partial charge in [-0.3, -0.25) is 9.59 Å². The first-order valence-corrected chi connectivity index (χ1v) is 35.7. The number of allylic oxidation sites excluding steroid dienone is 5. The summed E-state index contributed by atoms with van der Waals surface area (Å²) in [6, 6.07) is -0.547. The maximum Gasteiger partial charge on any atom is 0.305 e. The minimum Gasteiger partial charge on any atom is -0.465 e. The fourth-order valence-electron chi connectivity index (χ4n) is 11.2. The van der Waals surface area contributed by atoms with Crippen LogP contribution in [0.1, 0.15) is 393 Å². The first-order chi connectivity index (χ1) is 39.0. The Kier molecular flexibility index (Phi) is 66.9. The normalized spacial score (nSPS) is 12.7. The summed E-state index contributed by atoms with van der Waals surface area (Å²) in [5, 5.41) is 23.4. The van der Waals surface area contributed by atoms with Crippen LogP contribution in [0.25, 0.3) is 0 Å². The number of aliphatic hydroxyl groups is 2. The Morgan fingerprint density at radius 2 is 0.633 bits per heavy atom. The van der Waals surface area contributed by atoms with Crippen molar-refractivity contribution < 1.29 is 24.5 Å². The molecular formula is C73H139NO5. The summed E-state index contributed by atoms with van der Waals surface area (Å²) in [5.74, 6) is -0.0729. The molecule has 0 rings (SSSR count). The number of rotatable bonds is 67. The summed E-state index contributed by atoms with van der Waals surface area (Å²) < 4.78 is 5.44. The molecule has 0 heterocycles. The smallest absolute Gasteiger partial charge is 0.305 e. The van der Waals surface area contributed by atoms with E-state index in [4.69, 9.17) is 4.74 Å². The Bertz CT molecular complexity index is 1280. The van der Waals surface area contributed by atoms with Crippen molar-refractivity contribution in [1.29, 1.82) is 0 Å². The van der Waals surface area contributed by atoms with Crippen LogP contribution in [0.2, 0.25) is 0 Å². The second-order valence-electron chi connectivity index (χ2n) is 24.6. The van der Waals surface area contributed by atoms with Gasteiger partial charge in [0.2, 0.25) is 5.91 Å². The van der Waals surface area contributed by atoms with E-state index < -0.39 is 12.1 Å². The van der Waals surface area contributed by atoms with Gasteiger partial charge in [0.15, 0.2) is 0 Å². The van der Waals surface area contributed by atoms with Crippen molar-refractivity contribution in [3.8, 4) is 0 Å². The van der Waals surface area contributed by atoms with Gasteiger partial charge in [0.05, 0.1) is 25.4 Å². The predicted molar refractivity (Wildman–Crippen MR) is 347 cm³/mol. The molecule has 0 radical (unpaired) electrons. The number of hydrogen-bond donors (Lipinski definition) is 3. The summed E-state index contributed by atoms with van der Waals surface area (Å²) in [4.78, 5) is 24.6. The summed E-state index contributed by atoms with van der Waals surface area (Å²) in [6.45, 7) is 4.88. The number of aliphatic hydroxyl groups excluding tert-OH is 2. The Hall–Kier alpha value is -1.92. The summed E-state index contributed by atoms with van der Waals surface area (Å²) in [7, 11) is 0. The van der Waals surface area contributed by atoms with E-state index in [-0.39, 0.29) is 18.5 Å². The lowest BCUT2D eigenvalue weighted by molar-refractivity contribution is -0.143. The Labute approximate surface area is 494 Å². The third-order valence-electron chi connectivity index (χ3n) is 16.7. The Morgan fingerprint density at radius 1 is 0.354 bits per heavy atom. The van der Waals surface area contributed by atoms with Crippen LogP contribution in [0, 0.1) is 0 Å². The second kappa shape index (κ2) is 68.6. The van der Waals surface area contributed by atoms with Crippen molar-refractivity contribution in [3.63, 3.8) is 0 Å². The number of nitrogens with one attached hydrogen (secondary N) is 1. The maximum absolute atomic E-state index is 12.6. The zero-order valence-electron chi connectivity index (χ0n) is 53.4. The third kappa shape index (κ3) is 65.1. The second-order valence-corrected chi connectivity index (χ2v) is 24.6. The van der Waals surface area contributed by atoms with Gasteiger partial charge in [-0.15, -0.1) is 0 Å². The van der Waals surface area contributed by atoms with Crippen LogP contribution < -0.4 is 5.32 Å². The van der Waals surface area contributed by atoms with Crippen LogP contribution in [0.4, 0.5) is 0 Å². The average molecular weight is 1110 g/mol. The molecule has 466 valence electrons. The number of esters is 1. The SMILES string of the molecule is CCCCCCCCC/C=C\CCCCCCCCCC(=O)OCC/C=C\C/C=C\CCCCCCCCCCCCCCCCC(=O)NC(CO)C(O)CCCCCCCCCCCCCCCCCCCCCCCCC. The highest BCUT2D eigenvalue weighted by atomic mass is 16.5. The monoisotopic (exact) mass is 1110 g/mol. The molecule has 6 heteroatoms. The summed E-state index contributed by atoms with van der Waals surface area (Å²) in [6.07, 6.45) is 87.7. The van der Waals surface area contributed by atoms with E-state index in [0.29, 0.717) is 25.9 Å². The lowest BCUT2D eigenvalue weighted by atomic mass is 10.0. The first kappa shape index (κ1) is 77.1. The standard InChI is InChI=1S/C73H139NO5/c1-3-5-7-9-11-13-15-17-19-21-23-24-25-27-30-33-37-41-45-49-53-57-61-65-71(76)70(69-75)74-72(77)66-62-58-54-50-46-42-38-34-31-28-26-29-32-36-40-44-48-52-56-60-64-68-79-73(78)67-63-59-55-51-47-43-39-35-22-20-18-16-14-12-10-8-6-4-2/h20,22,44,48,56,60,70-71,75-76H,3-19,21,23-43,45-47,49-55,57-59,61-69H2,1-2H3,(H,74,77)/b22-20-,48-44-,60-56-. The van der Waals surface area contributed by atoms with Gasteiger partial charge < -0.3 is 20.3 Å². The van der Waals surface area contributed by atoms with Gasteiger partial charge in [0.25, 0.3) is 0 Å². The topological polar surface area (TPSA) is 95.9 Å². The van der Waals surface area contributed by atoms with Crippen LogP contribution in [-0.2, 0) is 14.3 Å². The molecule has 0 saturated heterocycles. The van der Waals surface area contributed by atoms with Crippen LogP contribution in [0.5, 0.6) is 0 Å². The maximum atomic E-state index is 12.6. The van der Waals surface area contributed by atoms with Crippen molar-refractivity contribution in [2.24, 2.45) is 0 Å². The molecule has 6 nitrogen and oxygen atoms in total. The number of ether oxygens (including phenoxy) is 1. The molecule has 0 aromatic carbocycles. The molecule has 2 atom stereocenters. The van der Waals surface area contributed by atoms with E-state index in [9.17, 15) is 19.8 Å². The van der Waals surface area contributed by atoms with E-state index in [1.54, 1.807) is 0 Å². The third-order valence-corrected chi connectivity index (χ3v) is 16.7. The van der Waals surface area contributed by atoms with Gasteiger partial charge in [0.1, 0.15) is 0 Å². The molecule has 0 aromatic rings. The van der Waals surface area contributed by atoms with E-state index >= 15 is 0 Å². The number of carbonyl (C=O) groups excluding carboxylic acids is 2. The quantitative estimate of drug-likeness (QED) is 0.0320. The largest absolute Gasteiger partial charge is 0.465 e. The molecule has 0 aliphatic carbocycles. The molecule has 0 aliphatic heterocycles. The molecule has 0 spiro atoms. The van der Waals surface area contributed by atoms with Gasteiger partial charge in [0, 0.05) is 12.8 Å². The molecule has 0 aromatic heterocycles. The van der Waals surface area contributed by atoms with Gasteiger partial charge in [-0.05, 0) is 70.6 Å². The van der Waals surface area contributed by atoms with Crippen LogP contribution in [0.15, 0.2) is 36.5 Å². The van der Waals surface area contributed by atoms with Crippen molar-refractivity contribution in [3.05, 3.63) is 36.5 Å². The van der Waals surface area contributed by atoms with Crippen molar-refractivity contribution in [2.45, 2.75) is 405 Å². The Balaban J connectivity index is 3.44. The Morgan fingerprint density at radius 3 is 0.975 bits per heavy atom. The van der Waals surface area contributed by atoms with Crippen LogP contribution in [0.3, 0.4) is 0 Å². The molecule has 0 bridgehead atoms. The lowest BCUT2D eigenvalue weighted by Gasteiger charge is -2.22. The average Bonchev–Trinajstić information content (AvgIpc) is 3.45. The molecule has 1 amide bonds. The number of hydrogen-bond acceptors (Lipinski definition) is 5. The number of unbranched alkanes of at least 4 members (excludes halogenated alkanes) is 50. The fourth-order valence-corrected chi connectivity index (χ4v) is 11.2.